The quantitative estimate of drug-likeness (QED) is 0.819. The van der Waals surface area contributed by atoms with E-state index in [4.69, 9.17) is 10.5 Å². The molecule has 0 aliphatic carbocycles. The van der Waals surface area contributed by atoms with E-state index in [1.54, 1.807) is 0 Å². The summed E-state index contributed by atoms with van der Waals surface area (Å²) in [5.74, 6) is 1.05. The van der Waals surface area contributed by atoms with Gasteiger partial charge in [-0.2, -0.15) is 0 Å². The molecule has 0 aromatic heterocycles. The van der Waals surface area contributed by atoms with Crippen molar-refractivity contribution in [1.29, 1.82) is 0 Å². The van der Waals surface area contributed by atoms with E-state index < -0.39 is 0 Å². The van der Waals surface area contributed by atoms with Crippen LogP contribution in [0.2, 0.25) is 0 Å². The van der Waals surface area contributed by atoms with Crippen LogP contribution in [0.5, 0.6) is 5.75 Å². The first-order valence-corrected chi connectivity index (χ1v) is 5.79. The second kappa shape index (κ2) is 4.67. The summed E-state index contributed by atoms with van der Waals surface area (Å²) in [6.07, 6.45) is 4.54. The first-order chi connectivity index (χ1) is 7.29. The van der Waals surface area contributed by atoms with E-state index in [2.05, 4.69) is 19.1 Å². The number of ether oxygens (including phenoxy) is 1. The molecule has 0 fully saturated rings. The zero-order valence-electron chi connectivity index (χ0n) is 9.28. The molecule has 1 aromatic rings. The lowest BCUT2D eigenvalue weighted by molar-refractivity contribution is 0.208. The van der Waals surface area contributed by atoms with Crippen LogP contribution in [0.1, 0.15) is 31.7 Å². The topological polar surface area (TPSA) is 35.2 Å². The predicted octanol–water partition coefficient (Wildman–Crippen LogP) is 2.51. The number of hydrogen-bond acceptors (Lipinski definition) is 2. The first kappa shape index (κ1) is 10.5. The molecule has 0 spiro atoms. The Hall–Kier alpha value is -1.02. The van der Waals surface area contributed by atoms with Crippen molar-refractivity contribution >= 4 is 0 Å². The average molecular weight is 205 g/mol. The van der Waals surface area contributed by atoms with Crippen LogP contribution in [0, 0.1) is 0 Å². The number of fused-ring (bicyclic) bond motifs is 1. The van der Waals surface area contributed by atoms with E-state index in [-0.39, 0.29) is 6.04 Å². The molecule has 1 aromatic carbocycles. The lowest BCUT2D eigenvalue weighted by Crippen LogP contribution is -2.28. The van der Waals surface area contributed by atoms with Crippen molar-refractivity contribution in [2.24, 2.45) is 5.73 Å². The highest BCUT2D eigenvalue weighted by atomic mass is 16.5. The fourth-order valence-electron chi connectivity index (χ4n) is 2.21. The van der Waals surface area contributed by atoms with Crippen molar-refractivity contribution in [1.82, 2.24) is 0 Å². The monoisotopic (exact) mass is 205 g/mol. The summed E-state index contributed by atoms with van der Waals surface area (Å²) in [6.45, 7) is 2.17. The van der Waals surface area contributed by atoms with Crippen LogP contribution in [0.3, 0.4) is 0 Å². The molecule has 2 heteroatoms. The van der Waals surface area contributed by atoms with Gasteiger partial charge in [-0.15, -0.1) is 0 Å². The third kappa shape index (κ3) is 2.51. The summed E-state index contributed by atoms with van der Waals surface area (Å²) in [5, 5.41) is 0. The van der Waals surface area contributed by atoms with Crippen molar-refractivity contribution in [3.63, 3.8) is 0 Å². The normalized spacial score (nSPS) is 20.8. The molecule has 15 heavy (non-hydrogen) atoms. The minimum atomic E-state index is 0.286. The Morgan fingerprint density at radius 2 is 2.27 bits per heavy atom. The smallest absolute Gasteiger partial charge is 0.123 e. The summed E-state index contributed by atoms with van der Waals surface area (Å²) in [5.41, 5.74) is 7.34. The van der Waals surface area contributed by atoms with Crippen molar-refractivity contribution < 1.29 is 4.74 Å². The molecule has 2 atom stereocenters. The van der Waals surface area contributed by atoms with Gasteiger partial charge in [-0.25, -0.2) is 0 Å². The molecule has 1 heterocycles. The van der Waals surface area contributed by atoms with E-state index in [9.17, 15) is 0 Å². The molecule has 1 aliphatic heterocycles. The summed E-state index contributed by atoms with van der Waals surface area (Å²) in [7, 11) is 0. The minimum absolute atomic E-state index is 0.286. The Balaban J connectivity index is 1.90. The first-order valence-electron chi connectivity index (χ1n) is 5.79. The summed E-state index contributed by atoms with van der Waals surface area (Å²) in [6, 6.07) is 8.56. The average Bonchev–Trinajstić information content (AvgIpc) is 2.59. The van der Waals surface area contributed by atoms with Gasteiger partial charge in [-0.05, 0) is 24.5 Å². The molecule has 0 radical (unpaired) electrons. The lowest BCUT2D eigenvalue weighted by Gasteiger charge is -2.15. The zero-order valence-corrected chi connectivity index (χ0v) is 9.28. The summed E-state index contributed by atoms with van der Waals surface area (Å²) in [4.78, 5) is 0. The van der Waals surface area contributed by atoms with Crippen LogP contribution < -0.4 is 10.5 Å². The molecule has 1 aliphatic rings. The molecule has 2 unspecified atom stereocenters. The van der Waals surface area contributed by atoms with E-state index in [0.717, 1.165) is 31.4 Å². The van der Waals surface area contributed by atoms with Gasteiger partial charge < -0.3 is 10.5 Å². The molecule has 2 N–H and O–H groups in total. The van der Waals surface area contributed by atoms with Crippen LogP contribution in [-0.4, -0.2) is 12.1 Å². The van der Waals surface area contributed by atoms with Gasteiger partial charge in [0.05, 0.1) is 0 Å². The highest BCUT2D eigenvalue weighted by Crippen LogP contribution is 2.29. The number of benzene rings is 1. The highest BCUT2D eigenvalue weighted by molar-refractivity contribution is 5.37. The molecular formula is C13H19NO. The molecule has 2 nitrogen and oxygen atoms in total. The third-order valence-electron chi connectivity index (χ3n) is 2.94. The largest absolute Gasteiger partial charge is 0.490 e. The molecule has 82 valence electrons. The van der Waals surface area contributed by atoms with Gasteiger partial charge in [0.1, 0.15) is 11.9 Å². The Morgan fingerprint density at radius 1 is 1.47 bits per heavy atom. The minimum Gasteiger partial charge on any atom is -0.490 e. The molecular weight excluding hydrogens is 186 g/mol. The van der Waals surface area contributed by atoms with E-state index in [0.29, 0.717) is 6.10 Å². The maximum atomic E-state index is 6.02. The molecule has 0 saturated heterocycles. The predicted molar refractivity (Wildman–Crippen MR) is 62.1 cm³/mol. The van der Waals surface area contributed by atoms with Crippen molar-refractivity contribution in [2.45, 2.75) is 44.8 Å². The van der Waals surface area contributed by atoms with Crippen molar-refractivity contribution in [3.05, 3.63) is 29.8 Å². The Bertz CT molecular complexity index is 299. The van der Waals surface area contributed by atoms with Gasteiger partial charge in [-0.1, -0.05) is 31.5 Å². The fourth-order valence-corrected chi connectivity index (χ4v) is 2.21. The van der Waals surface area contributed by atoms with Crippen LogP contribution >= 0.6 is 0 Å². The Morgan fingerprint density at radius 3 is 3.00 bits per heavy atom. The van der Waals surface area contributed by atoms with E-state index >= 15 is 0 Å². The molecule has 0 bridgehead atoms. The second-order valence-electron chi connectivity index (χ2n) is 4.34. The maximum Gasteiger partial charge on any atom is 0.123 e. The highest BCUT2D eigenvalue weighted by Gasteiger charge is 2.23. The number of hydrogen-bond donors (Lipinski definition) is 1. The summed E-state index contributed by atoms with van der Waals surface area (Å²) < 4.78 is 5.84. The fraction of sp³-hybridized carbons (Fsp3) is 0.538. The number of rotatable bonds is 4. The molecule has 0 amide bonds. The van der Waals surface area contributed by atoms with Crippen LogP contribution in [-0.2, 0) is 6.42 Å². The van der Waals surface area contributed by atoms with Gasteiger partial charge in [-0.3, -0.25) is 0 Å². The van der Waals surface area contributed by atoms with Crippen molar-refractivity contribution in [3.8, 4) is 5.75 Å². The van der Waals surface area contributed by atoms with E-state index in [1.807, 2.05) is 12.1 Å². The van der Waals surface area contributed by atoms with Gasteiger partial charge in [0, 0.05) is 12.5 Å². The lowest BCUT2D eigenvalue weighted by atomic mass is 10.0. The van der Waals surface area contributed by atoms with Gasteiger partial charge in [0.25, 0.3) is 0 Å². The Labute approximate surface area is 91.4 Å². The number of para-hydroxylation sites is 1. The third-order valence-corrected chi connectivity index (χ3v) is 2.94. The van der Waals surface area contributed by atoms with E-state index in [1.165, 1.54) is 5.56 Å². The van der Waals surface area contributed by atoms with Crippen molar-refractivity contribution in [2.75, 3.05) is 0 Å². The van der Waals surface area contributed by atoms with Crippen LogP contribution in [0.15, 0.2) is 24.3 Å². The Kier molecular flexibility index (Phi) is 3.27. The van der Waals surface area contributed by atoms with Gasteiger partial charge >= 0.3 is 0 Å². The van der Waals surface area contributed by atoms with Gasteiger partial charge in [0.2, 0.25) is 0 Å². The van der Waals surface area contributed by atoms with Crippen LogP contribution in [0.4, 0.5) is 0 Å². The zero-order chi connectivity index (χ0) is 10.7. The SMILES string of the molecule is CCCC(N)CC1Cc2ccccc2O1. The number of nitrogens with two attached hydrogens (primary N) is 1. The maximum absolute atomic E-state index is 6.02. The van der Waals surface area contributed by atoms with Crippen LogP contribution in [0.25, 0.3) is 0 Å². The standard InChI is InChI=1S/C13H19NO/c1-2-5-11(14)9-12-8-10-6-3-4-7-13(10)15-12/h3-4,6-7,11-12H,2,5,8-9,14H2,1H3. The summed E-state index contributed by atoms with van der Waals surface area (Å²) >= 11 is 0. The molecule has 2 rings (SSSR count). The molecule has 0 saturated carbocycles. The van der Waals surface area contributed by atoms with Gasteiger partial charge in [0.15, 0.2) is 0 Å². The second-order valence-corrected chi connectivity index (χ2v) is 4.34.